The van der Waals surface area contributed by atoms with Gasteiger partial charge in [0.25, 0.3) is 0 Å². The van der Waals surface area contributed by atoms with Gasteiger partial charge in [0.1, 0.15) is 17.5 Å². The molecule has 0 saturated carbocycles. The Labute approximate surface area is 120 Å². The van der Waals surface area contributed by atoms with Gasteiger partial charge < -0.3 is 16.2 Å². The monoisotopic (exact) mass is 290 g/mol. The number of amides is 1. The number of carboxylic acid groups (broad SMARTS) is 1. The zero-order valence-corrected chi connectivity index (χ0v) is 11.1. The Morgan fingerprint density at radius 2 is 1.95 bits per heavy atom. The maximum absolute atomic E-state index is 12.8. The molecule has 0 atom stereocenters. The first kappa shape index (κ1) is 14.6. The second-order valence-electron chi connectivity index (χ2n) is 4.36. The van der Waals surface area contributed by atoms with E-state index in [4.69, 9.17) is 10.8 Å². The largest absolute Gasteiger partial charge is 0.465 e. The van der Waals surface area contributed by atoms with Crippen LogP contribution < -0.4 is 16.4 Å². The van der Waals surface area contributed by atoms with Crippen LogP contribution in [0.15, 0.2) is 36.4 Å². The first-order valence-corrected chi connectivity index (χ1v) is 6.29. The summed E-state index contributed by atoms with van der Waals surface area (Å²) in [7, 11) is 0. The summed E-state index contributed by atoms with van der Waals surface area (Å²) in [6.07, 6.45) is -0.489. The van der Waals surface area contributed by atoms with E-state index in [1.54, 1.807) is 18.2 Å². The molecule has 1 heterocycles. The Kier molecular flexibility index (Phi) is 4.55. The predicted molar refractivity (Wildman–Crippen MR) is 78.9 cm³/mol. The molecule has 0 aliphatic rings. The lowest BCUT2D eigenvalue weighted by molar-refractivity contribution is 0.210. The van der Waals surface area contributed by atoms with Crippen LogP contribution in [0.4, 0.5) is 26.5 Å². The van der Waals surface area contributed by atoms with E-state index in [1.807, 2.05) is 0 Å². The number of pyridine rings is 1. The number of rotatable bonds is 5. The van der Waals surface area contributed by atoms with Gasteiger partial charge in [0.15, 0.2) is 0 Å². The van der Waals surface area contributed by atoms with E-state index in [2.05, 4.69) is 15.6 Å². The lowest BCUT2D eigenvalue weighted by Crippen LogP contribution is -2.12. The van der Waals surface area contributed by atoms with Gasteiger partial charge in [0, 0.05) is 6.54 Å². The topological polar surface area (TPSA) is 100 Å². The number of nitrogens with zero attached hydrogens (tertiary/aromatic N) is 1. The Morgan fingerprint density at radius 3 is 2.57 bits per heavy atom. The average molecular weight is 290 g/mol. The van der Waals surface area contributed by atoms with Gasteiger partial charge in [0.05, 0.1) is 5.69 Å². The van der Waals surface area contributed by atoms with E-state index in [0.29, 0.717) is 18.8 Å². The molecular weight excluding hydrogens is 275 g/mol. The number of nitrogens with two attached hydrogens (primary N) is 1. The highest BCUT2D eigenvalue weighted by Gasteiger charge is 2.05. The van der Waals surface area contributed by atoms with Gasteiger partial charge in [-0.05, 0) is 36.2 Å². The molecular formula is C14H15FN4O2. The van der Waals surface area contributed by atoms with Crippen LogP contribution in [-0.2, 0) is 6.42 Å². The van der Waals surface area contributed by atoms with Crippen LogP contribution in [0.2, 0.25) is 0 Å². The summed E-state index contributed by atoms with van der Waals surface area (Å²) in [5, 5.41) is 13.8. The van der Waals surface area contributed by atoms with Crippen molar-refractivity contribution in [1.29, 1.82) is 0 Å². The Hall–Kier alpha value is -2.83. The molecule has 0 aliphatic carbocycles. The fourth-order valence-corrected chi connectivity index (χ4v) is 1.78. The van der Waals surface area contributed by atoms with Crippen molar-refractivity contribution in [1.82, 2.24) is 4.98 Å². The summed E-state index contributed by atoms with van der Waals surface area (Å²) in [6.45, 7) is 0.601. The molecule has 7 heteroatoms. The lowest BCUT2D eigenvalue weighted by atomic mass is 10.1. The molecule has 0 saturated heterocycles. The molecule has 0 fully saturated rings. The fraction of sp³-hybridized carbons (Fsp3) is 0.143. The van der Waals surface area contributed by atoms with Crippen LogP contribution in [0.5, 0.6) is 0 Å². The molecule has 0 spiro atoms. The molecule has 0 bridgehead atoms. The van der Waals surface area contributed by atoms with Gasteiger partial charge in [-0.2, -0.15) is 0 Å². The number of nitrogens with one attached hydrogen (secondary N) is 2. The summed E-state index contributed by atoms with van der Waals surface area (Å²) < 4.78 is 12.8. The maximum atomic E-state index is 12.8. The van der Waals surface area contributed by atoms with E-state index in [-0.39, 0.29) is 17.3 Å². The summed E-state index contributed by atoms with van der Waals surface area (Å²) >= 11 is 0. The molecule has 1 aromatic heterocycles. The van der Waals surface area contributed by atoms with Gasteiger partial charge in [0.2, 0.25) is 0 Å². The van der Waals surface area contributed by atoms with Crippen molar-refractivity contribution in [2.75, 3.05) is 22.9 Å². The van der Waals surface area contributed by atoms with Gasteiger partial charge in [-0.3, -0.25) is 5.32 Å². The standard InChI is InChI=1S/C14H15FN4O2/c15-10-3-1-9(2-4-10)7-8-17-12-6-5-11(13(16)19-12)18-14(20)21/h1-6,18H,7-8H2,(H,20,21)(H3,16,17,19). The van der Waals surface area contributed by atoms with Crippen LogP contribution in [0.3, 0.4) is 0 Å². The summed E-state index contributed by atoms with van der Waals surface area (Å²) in [5.74, 6) is 0.386. The highest BCUT2D eigenvalue weighted by atomic mass is 19.1. The molecule has 21 heavy (non-hydrogen) atoms. The minimum Gasteiger partial charge on any atom is -0.465 e. The van der Waals surface area contributed by atoms with Crippen molar-refractivity contribution in [3.05, 3.63) is 47.8 Å². The third kappa shape index (κ3) is 4.34. The van der Waals surface area contributed by atoms with Crippen molar-refractivity contribution < 1.29 is 14.3 Å². The number of nitrogen functional groups attached to an aromatic ring is 1. The first-order chi connectivity index (χ1) is 10.0. The molecule has 0 aliphatic heterocycles. The molecule has 0 radical (unpaired) electrons. The van der Waals surface area contributed by atoms with Gasteiger partial charge in [-0.15, -0.1) is 0 Å². The second kappa shape index (κ2) is 6.56. The highest BCUT2D eigenvalue weighted by molar-refractivity contribution is 5.86. The van der Waals surface area contributed by atoms with E-state index in [1.165, 1.54) is 18.2 Å². The summed E-state index contributed by atoms with van der Waals surface area (Å²) in [5.41, 5.74) is 6.89. The maximum Gasteiger partial charge on any atom is 0.409 e. The predicted octanol–water partition coefficient (Wildman–Crippen LogP) is 2.55. The number of hydrogen-bond donors (Lipinski definition) is 4. The number of carbonyl (C=O) groups is 1. The van der Waals surface area contributed by atoms with Crippen LogP contribution in [0.25, 0.3) is 0 Å². The zero-order chi connectivity index (χ0) is 15.2. The van der Waals surface area contributed by atoms with Crippen LogP contribution in [-0.4, -0.2) is 22.7 Å². The fourth-order valence-electron chi connectivity index (χ4n) is 1.78. The van der Waals surface area contributed by atoms with Crippen LogP contribution in [0.1, 0.15) is 5.56 Å². The van der Waals surface area contributed by atoms with E-state index in [0.717, 1.165) is 5.56 Å². The Bertz CT molecular complexity index is 631. The Balaban J connectivity index is 1.90. The minimum absolute atomic E-state index is 0.101. The van der Waals surface area contributed by atoms with E-state index >= 15 is 0 Å². The van der Waals surface area contributed by atoms with Crippen molar-refractivity contribution >= 4 is 23.4 Å². The molecule has 5 N–H and O–H groups in total. The number of halogens is 1. The zero-order valence-electron chi connectivity index (χ0n) is 11.1. The molecule has 1 aromatic carbocycles. The lowest BCUT2D eigenvalue weighted by Gasteiger charge is -2.09. The number of anilines is 3. The van der Waals surface area contributed by atoms with Crippen molar-refractivity contribution in [3.8, 4) is 0 Å². The SMILES string of the molecule is Nc1nc(NCCc2ccc(F)cc2)ccc1NC(=O)O. The Morgan fingerprint density at radius 1 is 1.24 bits per heavy atom. The smallest absolute Gasteiger partial charge is 0.409 e. The third-order valence-corrected chi connectivity index (χ3v) is 2.80. The van der Waals surface area contributed by atoms with Gasteiger partial charge in [-0.25, -0.2) is 14.2 Å². The number of benzene rings is 1. The molecule has 6 nitrogen and oxygen atoms in total. The summed E-state index contributed by atoms with van der Waals surface area (Å²) in [4.78, 5) is 14.6. The minimum atomic E-state index is -1.19. The molecule has 1 amide bonds. The average Bonchev–Trinajstić information content (AvgIpc) is 2.43. The second-order valence-corrected chi connectivity index (χ2v) is 4.36. The van der Waals surface area contributed by atoms with Gasteiger partial charge in [-0.1, -0.05) is 12.1 Å². The number of aromatic nitrogens is 1. The van der Waals surface area contributed by atoms with Crippen LogP contribution in [0, 0.1) is 5.82 Å². The highest BCUT2D eigenvalue weighted by Crippen LogP contribution is 2.18. The first-order valence-electron chi connectivity index (χ1n) is 6.29. The molecule has 2 aromatic rings. The molecule has 110 valence electrons. The quantitative estimate of drug-likeness (QED) is 0.678. The van der Waals surface area contributed by atoms with E-state index in [9.17, 15) is 9.18 Å². The van der Waals surface area contributed by atoms with Crippen LogP contribution >= 0.6 is 0 Å². The van der Waals surface area contributed by atoms with Gasteiger partial charge >= 0.3 is 6.09 Å². The molecule has 0 unspecified atom stereocenters. The molecule has 2 rings (SSSR count). The van der Waals surface area contributed by atoms with Crippen molar-refractivity contribution in [2.45, 2.75) is 6.42 Å². The van der Waals surface area contributed by atoms with Crippen molar-refractivity contribution in [2.24, 2.45) is 0 Å². The normalized spacial score (nSPS) is 10.1. The number of hydrogen-bond acceptors (Lipinski definition) is 4. The summed E-state index contributed by atoms with van der Waals surface area (Å²) in [6, 6.07) is 9.44. The van der Waals surface area contributed by atoms with Crippen molar-refractivity contribution in [3.63, 3.8) is 0 Å². The third-order valence-electron chi connectivity index (χ3n) is 2.80. The van der Waals surface area contributed by atoms with E-state index < -0.39 is 6.09 Å².